The van der Waals surface area contributed by atoms with Crippen LogP contribution in [0.1, 0.15) is 30.3 Å². The van der Waals surface area contributed by atoms with Crippen molar-refractivity contribution in [3.05, 3.63) is 40.2 Å². The first-order valence-corrected chi connectivity index (χ1v) is 7.33. The number of benzene rings is 1. The van der Waals surface area contributed by atoms with Crippen LogP contribution in [0.2, 0.25) is 0 Å². The van der Waals surface area contributed by atoms with Crippen LogP contribution in [0.3, 0.4) is 0 Å². The minimum Gasteiger partial charge on any atom is -0.337 e. The standard InChI is InChI=1S/C16H19N3O2/c1-11-6-5-9-19(10-11)16(21)14-15(20)12-7-3-4-8-13(12)18(2)17-14/h3-4,7-8,11H,5-6,9-10H2,1-2H3/t11-/m1/s1. The molecular weight excluding hydrogens is 266 g/mol. The summed E-state index contributed by atoms with van der Waals surface area (Å²) in [5.74, 6) is 0.236. The maximum absolute atomic E-state index is 12.6. The molecule has 1 amide bonds. The normalized spacial score (nSPS) is 19.0. The Morgan fingerprint density at radius 1 is 1.33 bits per heavy atom. The summed E-state index contributed by atoms with van der Waals surface area (Å²) in [5, 5.41) is 4.76. The molecule has 2 heterocycles. The van der Waals surface area contributed by atoms with Gasteiger partial charge in [-0.25, -0.2) is 0 Å². The van der Waals surface area contributed by atoms with Gasteiger partial charge in [0.15, 0.2) is 5.69 Å². The second kappa shape index (κ2) is 5.31. The SMILES string of the molecule is C[C@@H]1CCCN(C(=O)c2nn(C)c3ccccc3c2=O)C1. The molecule has 21 heavy (non-hydrogen) atoms. The zero-order valence-corrected chi connectivity index (χ0v) is 12.4. The summed E-state index contributed by atoms with van der Waals surface area (Å²) in [6, 6.07) is 7.24. The highest BCUT2D eigenvalue weighted by Gasteiger charge is 2.26. The van der Waals surface area contributed by atoms with Crippen LogP contribution in [0.5, 0.6) is 0 Å². The predicted octanol–water partition coefficient (Wildman–Crippen LogP) is 1.81. The zero-order valence-electron chi connectivity index (χ0n) is 12.4. The minimum absolute atomic E-state index is 0.0327. The molecule has 5 heteroatoms. The Morgan fingerprint density at radius 3 is 2.86 bits per heavy atom. The van der Waals surface area contributed by atoms with Gasteiger partial charge in [0, 0.05) is 25.5 Å². The lowest BCUT2D eigenvalue weighted by Gasteiger charge is -2.30. The molecule has 1 saturated heterocycles. The highest BCUT2D eigenvalue weighted by atomic mass is 16.2. The van der Waals surface area contributed by atoms with E-state index in [0.29, 0.717) is 24.4 Å². The van der Waals surface area contributed by atoms with Crippen molar-refractivity contribution < 1.29 is 4.79 Å². The van der Waals surface area contributed by atoms with E-state index >= 15 is 0 Å². The summed E-state index contributed by atoms with van der Waals surface area (Å²) >= 11 is 0. The molecule has 0 N–H and O–H groups in total. The number of fused-ring (bicyclic) bond motifs is 1. The van der Waals surface area contributed by atoms with Gasteiger partial charge >= 0.3 is 0 Å². The fraction of sp³-hybridized carbons (Fsp3) is 0.438. The summed E-state index contributed by atoms with van der Waals surface area (Å²) in [4.78, 5) is 26.9. The van der Waals surface area contributed by atoms with Crippen molar-refractivity contribution >= 4 is 16.8 Å². The van der Waals surface area contributed by atoms with Gasteiger partial charge in [-0.1, -0.05) is 19.1 Å². The molecule has 1 atom stereocenters. The predicted molar refractivity (Wildman–Crippen MR) is 81.3 cm³/mol. The Labute approximate surface area is 123 Å². The maximum atomic E-state index is 12.6. The van der Waals surface area contributed by atoms with Gasteiger partial charge in [-0.3, -0.25) is 14.3 Å². The van der Waals surface area contributed by atoms with Crippen LogP contribution in [0, 0.1) is 5.92 Å². The van der Waals surface area contributed by atoms with E-state index in [2.05, 4.69) is 12.0 Å². The Bertz CT molecular complexity index is 751. The molecule has 0 saturated carbocycles. The topological polar surface area (TPSA) is 55.2 Å². The van der Waals surface area contributed by atoms with E-state index in [4.69, 9.17) is 0 Å². The third-order valence-electron chi connectivity index (χ3n) is 4.11. The molecule has 2 aromatic rings. The summed E-state index contributed by atoms with van der Waals surface area (Å²) < 4.78 is 1.61. The van der Waals surface area contributed by atoms with Crippen molar-refractivity contribution in [2.75, 3.05) is 13.1 Å². The van der Waals surface area contributed by atoms with Crippen LogP contribution in [0.25, 0.3) is 10.9 Å². The van der Waals surface area contributed by atoms with E-state index in [1.807, 2.05) is 12.1 Å². The lowest BCUT2D eigenvalue weighted by Crippen LogP contribution is -2.42. The number of nitrogens with zero attached hydrogens (tertiary/aromatic N) is 3. The van der Waals surface area contributed by atoms with Crippen LogP contribution in [-0.2, 0) is 7.05 Å². The number of piperidine rings is 1. The van der Waals surface area contributed by atoms with E-state index < -0.39 is 0 Å². The molecule has 0 unspecified atom stereocenters. The number of carbonyl (C=O) groups excluding carboxylic acids is 1. The minimum atomic E-state index is -0.271. The van der Waals surface area contributed by atoms with Crippen LogP contribution < -0.4 is 5.43 Å². The highest BCUT2D eigenvalue weighted by Crippen LogP contribution is 2.17. The molecule has 1 fully saturated rings. The van der Waals surface area contributed by atoms with Gasteiger partial charge < -0.3 is 4.90 Å². The molecule has 3 rings (SSSR count). The lowest BCUT2D eigenvalue weighted by atomic mass is 10.00. The van der Waals surface area contributed by atoms with E-state index in [-0.39, 0.29) is 17.0 Å². The Morgan fingerprint density at radius 2 is 2.10 bits per heavy atom. The van der Waals surface area contributed by atoms with E-state index in [1.54, 1.807) is 28.8 Å². The average molecular weight is 285 g/mol. The first kappa shape index (κ1) is 13.8. The van der Waals surface area contributed by atoms with Gasteiger partial charge in [0.05, 0.1) is 5.52 Å². The van der Waals surface area contributed by atoms with Gasteiger partial charge in [0.25, 0.3) is 5.91 Å². The second-order valence-corrected chi connectivity index (χ2v) is 5.82. The summed E-state index contributed by atoms with van der Waals surface area (Å²) in [6.07, 6.45) is 2.12. The molecule has 110 valence electrons. The summed E-state index contributed by atoms with van der Waals surface area (Å²) in [5.41, 5.74) is 0.503. The molecule has 5 nitrogen and oxygen atoms in total. The molecule has 0 bridgehead atoms. The monoisotopic (exact) mass is 285 g/mol. The molecule has 0 aliphatic carbocycles. The van der Waals surface area contributed by atoms with Gasteiger partial charge in [-0.2, -0.15) is 5.10 Å². The number of hydrogen-bond acceptors (Lipinski definition) is 3. The maximum Gasteiger partial charge on any atom is 0.278 e. The van der Waals surface area contributed by atoms with Crippen molar-refractivity contribution in [3.63, 3.8) is 0 Å². The third-order valence-corrected chi connectivity index (χ3v) is 4.11. The molecule has 0 spiro atoms. The quantitative estimate of drug-likeness (QED) is 0.803. The Balaban J connectivity index is 2.06. The van der Waals surface area contributed by atoms with Crippen LogP contribution >= 0.6 is 0 Å². The molecule has 0 radical (unpaired) electrons. The largest absolute Gasteiger partial charge is 0.337 e. The van der Waals surface area contributed by atoms with Gasteiger partial charge in [0.2, 0.25) is 5.43 Å². The smallest absolute Gasteiger partial charge is 0.278 e. The van der Waals surface area contributed by atoms with Crippen molar-refractivity contribution in [3.8, 4) is 0 Å². The number of para-hydroxylation sites is 1. The van der Waals surface area contributed by atoms with Crippen LogP contribution in [0.4, 0.5) is 0 Å². The van der Waals surface area contributed by atoms with Gasteiger partial charge in [-0.15, -0.1) is 0 Å². The van der Waals surface area contributed by atoms with Crippen LogP contribution in [0.15, 0.2) is 29.1 Å². The van der Waals surface area contributed by atoms with E-state index in [9.17, 15) is 9.59 Å². The number of aryl methyl sites for hydroxylation is 1. The number of carbonyl (C=O) groups is 1. The van der Waals surface area contributed by atoms with Crippen molar-refractivity contribution in [1.82, 2.24) is 14.7 Å². The number of hydrogen-bond donors (Lipinski definition) is 0. The number of aromatic nitrogens is 2. The first-order valence-electron chi connectivity index (χ1n) is 7.33. The summed E-state index contributed by atoms with van der Waals surface area (Å²) in [7, 11) is 1.76. The van der Waals surface area contributed by atoms with Crippen LogP contribution in [-0.4, -0.2) is 33.7 Å². The van der Waals surface area contributed by atoms with Gasteiger partial charge in [-0.05, 0) is 30.9 Å². The molecule has 1 aromatic carbocycles. The number of rotatable bonds is 1. The fourth-order valence-electron chi connectivity index (χ4n) is 2.99. The Hall–Kier alpha value is -2.17. The van der Waals surface area contributed by atoms with E-state index in [1.165, 1.54) is 0 Å². The van der Waals surface area contributed by atoms with Gasteiger partial charge in [0.1, 0.15) is 0 Å². The number of amides is 1. The van der Waals surface area contributed by atoms with Crippen molar-refractivity contribution in [2.24, 2.45) is 13.0 Å². The third kappa shape index (κ3) is 2.44. The molecular formula is C16H19N3O2. The number of likely N-dealkylation sites (tertiary alicyclic amines) is 1. The van der Waals surface area contributed by atoms with Crippen molar-refractivity contribution in [2.45, 2.75) is 19.8 Å². The summed E-state index contributed by atoms with van der Waals surface area (Å²) in [6.45, 7) is 3.54. The van der Waals surface area contributed by atoms with E-state index in [0.717, 1.165) is 18.4 Å². The molecule has 1 aliphatic heterocycles. The zero-order chi connectivity index (χ0) is 15.0. The Kier molecular flexibility index (Phi) is 3.49. The molecule has 1 aliphatic rings. The fourth-order valence-corrected chi connectivity index (χ4v) is 2.99. The van der Waals surface area contributed by atoms with Crippen molar-refractivity contribution in [1.29, 1.82) is 0 Å². The second-order valence-electron chi connectivity index (χ2n) is 5.82. The first-order chi connectivity index (χ1) is 10.1. The highest BCUT2D eigenvalue weighted by molar-refractivity contribution is 5.95. The average Bonchev–Trinajstić information content (AvgIpc) is 2.50. The molecule has 1 aromatic heterocycles. The lowest BCUT2D eigenvalue weighted by molar-refractivity contribution is 0.0673.